The number of ether oxygens (including phenoxy) is 1. The van der Waals surface area contributed by atoms with Gasteiger partial charge in [-0.2, -0.15) is 0 Å². The number of likely N-dealkylation sites (tertiary alicyclic amines) is 1. The van der Waals surface area contributed by atoms with Crippen LogP contribution in [0.2, 0.25) is 0 Å². The maximum atomic E-state index is 5.75. The van der Waals surface area contributed by atoms with E-state index in [2.05, 4.69) is 29.2 Å². The minimum Gasteiger partial charge on any atom is -0.381 e. The molecule has 2 atom stereocenters. The predicted octanol–water partition coefficient (Wildman–Crippen LogP) is 1.17. The van der Waals surface area contributed by atoms with Crippen LogP contribution in [0, 0.1) is 5.41 Å². The summed E-state index contributed by atoms with van der Waals surface area (Å²) in [6, 6.07) is 1.53. The highest BCUT2D eigenvalue weighted by Gasteiger charge is 2.38. The van der Waals surface area contributed by atoms with Gasteiger partial charge in [0.15, 0.2) is 0 Å². The second-order valence-electron chi connectivity index (χ2n) is 7.43. The second-order valence-corrected chi connectivity index (χ2v) is 7.43. The van der Waals surface area contributed by atoms with Crippen LogP contribution in [0.1, 0.15) is 32.1 Å². The summed E-state index contributed by atoms with van der Waals surface area (Å²) in [5, 5.41) is 3.74. The van der Waals surface area contributed by atoms with E-state index in [1.807, 2.05) is 0 Å². The van der Waals surface area contributed by atoms with Crippen LogP contribution in [0.5, 0.6) is 0 Å². The molecule has 0 aromatic heterocycles. The fourth-order valence-corrected chi connectivity index (χ4v) is 3.77. The summed E-state index contributed by atoms with van der Waals surface area (Å²) in [6.45, 7) is 6.71. The van der Waals surface area contributed by atoms with Crippen LogP contribution in [-0.2, 0) is 4.74 Å². The molecule has 2 saturated heterocycles. The van der Waals surface area contributed by atoms with Gasteiger partial charge in [0.2, 0.25) is 0 Å². The molecule has 4 nitrogen and oxygen atoms in total. The van der Waals surface area contributed by atoms with Crippen LogP contribution < -0.4 is 5.32 Å². The molecule has 3 fully saturated rings. The molecule has 0 amide bonds. The largest absolute Gasteiger partial charge is 0.381 e. The standard InChI is InChI=1S/C16H31N3O/c1-18-8-3-4-15(10-18)19(2)12-16(7-9-20-13-16)11-17-14-5-6-14/h14-15,17H,3-13H2,1-2H3. The summed E-state index contributed by atoms with van der Waals surface area (Å²) in [6.07, 6.45) is 6.67. The third kappa shape index (κ3) is 3.73. The van der Waals surface area contributed by atoms with Crippen LogP contribution in [0.3, 0.4) is 0 Å². The van der Waals surface area contributed by atoms with E-state index in [4.69, 9.17) is 4.74 Å². The first-order valence-electron chi connectivity index (χ1n) is 8.37. The van der Waals surface area contributed by atoms with Crippen LogP contribution in [0.4, 0.5) is 0 Å². The molecule has 2 unspecified atom stereocenters. The number of hydrogen-bond acceptors (Lipinski definition) is 4. The highest BCUT2D eigenvalue weighted by molar-refractivity contribution is 4.93. The lowest BCUT2D eigenvalue weighted by molar-refractivity contribution is 0.0726. The van der Waals surface area contributed by atoms with E-state index in [0.717, 1.165) is 31.8 Å². The highest BCUT2D eigenvalue weighted by Crippen LogP contribution is 2.31. The van der Waals surface area contributed by atoms with Gasteiger partial charge in [0.05, 0.1) is 6.61 Å². The van der Waals surface area contributed by atoms with Crippen molar-refractivity contribution >= 4 is 0 Å². The molecule has 3 aliphatic rings. The van der Waals surface area contributed by atoms with E-state index in [1.54, 1.807) is 0 Å². The normalized spacial score (nSPS) is 35.9. The van der Waals surface area contributed by atoms with Crippen molar-refractivity contribution in [3.8, 4) is 0 Å². The zero-order chi connectivity index (χ0) is 14.0. The molecule has 20 heavy (non-hydrogen) atoms. The molecule has 0 aromatic carbocycles. The summed E-state index contributed by atoms with van der Waals surface area (Å²) in [5.41, 5.74) is 0.355. The average molecular weight is 281 g/mol. The fourth-order valence-electron chi connectivity index (χ4n) is 3.77. The number of nitrogens with zero attached hydrogens (tertiary/aromatic N) is 2. The van der Waals surface area contributed by atoms with E-state index in [0.29, 0.717) is 5.41 Å². The van der Waals surface area contributed by atoms with E-state index in [1.165, 1.54) is 51.7 Å². The first-order chi connectivity index (χ1) is 9.67. The van der Waals surface area contributed by atoms with Gasteiger partial charge in [0.25, 0.3) is 0 Å². The lowest BCUT2D eigenvalue weighted by Crippen LogP contribution is -2.51. The fraction of sp³-hybridized carbons (Fsp3) is 1.00. The number of hydrogen-bond donors (Lipinski definition) is 1. The van der Waals surface area contributed by atoms with Crippen molar-refractivity contribution in [3.63, 3.8) is 0 Å². The zero-order valence-electron chi connectivity index (χ0n) is 13.2. The second kappa shape index (κ2) is 6.30. The smallest absolute Gasteiger partial charge is 0.0547 e. The number of rotatable bonds is 6. The van der Waals surface area contributed by atoms with Crippen LogP contribution in [-0.4, -0.2) is 75.4 Å². The van der Waals surface area contributed by atoms with Gasteiger partial charge in [-0.15, -0.1) is 0 Å². The number of nitrogens with one attached hydrogen (secondary N) is 1. The third-order valence-electron chi connectivity index (χ3n) is 5.34. The summed E-state index contributed by atoms with van der Waals surface area (Å²) in [7, 11) is 4.57. The van der Waals surface area contributed by atoms with Gasteiger partial charge >= 0.3 is 0 Å². The van der Waals surface area contributed by atoms with Crippen molar-refractivity contribution in [2.75, 3.05) is 53.5 Å². The first kappa shape index (κ1) is 14.8. The van der Waals surface area contributed by atoms with Gasteiger partial charge in [-0.05, 0) is 52.7 Å². The average Bonchev–Trinajstić information content (AvgIpc) is 3.16. The van der Waals surface area contributed by atoms with Gasteiger partial charge in [0.1, 0.15) is 0 Å². The predicted molar refractivity (Wildman–Crippen MR) is 82.0 cm³/mol. The molecule has 3 rings (SSSR count). The molecule has 0 spiro atoms. The molecule has 0 bridgehead atoms. The lowest BCUT2D eigenvalue weighted by Gasteiger charge is -2.40. The quantitative estimate of drug-likeness (QED) is 0.791. The Balaban J connectivity index is 1.54. The molecule has 1 aliphatic carbocycles. The molecule has 2 aliphatic heterocycles. The maximum absolute atomic E-state index is 5.75. The van der Waals surface area contributed by atoms with Gasteiger partial charge in [0, 0.05) is 43.7 Å². The summed E-state index contributed by atoms with van der Waals surface area (Å²) >= 11 is 0. The first-order valence-corrected chi connectivity index (χ1v) is 8.37. The van der Waals surface area contributed by atoms with Gasteiger partial charge < -0.3 is 19.9 Å². The Labute approximate surface area is 123 Å². The molecule has 1 saturated carbocycles. The minimum atomic E-state index is 0.355. The molecule has 2 heterocycles. The van der Waals surface area contributed by atoms with Crippen molar-refractivity contribution < 1.29 is 4.74 Å². The van der Waals surface area contributed by atoms with Crippen molar-refractivity contribution in [3.05, 3.63) is 0 Å². The summed E-state index contributed by atoms with van der Waals surface area (Å²) in [4.78, 5) is 5.09. The molecular formula is C16H31N3O. The Hall–Kier alpha value is -0.160. The summed E-state index contributed by atoms with van der Waals surface area (Å²) in [5.74, 6) is 0. The topological polar surface area (TPSA) is 27.7 Å². The van der Waals surface area contributed by atoms with Crippen LogP contribution in [0.25, 0.3) is 0 Å². The van der Waals surface area contributed by atoms with Crippen LogP contribution >= 0.6 is 0 Å². The molecule has 0 radical (unpaired) electrons. The third-order valence-corrected chi connectivity index (χ3v) is 5.34. The Morgan fingerprint density at radius 3 is 2.85 bits per heavy atom. The Bertz CT molecular complexity index is 313. The van der Waals surface area contributed by atoms with Gasteiger partial charge in [-0.1, -0.05) is 0 Å². The zero-order valence-corrected chi connectivity index (χ0v) is 13.2. The van der Waals surface area contributed by atoms with Crippen molar-refractivity contribution in [2.24, 2.45) is 5.41 Å². The monoisotopic (exact) mass is 281 g/mol. The highest BCUT2D eigenvalue weighted by atomic mass is 16.5. The van der Waals surface area contributed by atoms with E-state index >= 15 is 0 Å². The minimum absolute atomic E-state index is 0.355. The lowest BCUT2D eigenvalue weighted by atomic mass is 9.85. The Morgan fingerprint density at radius 1 is 1.35 bits per heavy atom. The van der Waals surface area contributed by atoms with Gasteiger partial charge in [-0.3, -0.25) is 0 Å². The summed E-state index contributed by atoms with van der Waals surface area (Å²) < 4.78 is 5.75. The van der Waals surface area contributed by atoms with Crippen LogP contribution in [0.15, 0.2) is 0 Å². The van der Waals surface area contributed by atoms with E-state index in [9.17, 15) is 0 Å². The molecule has 4 heteroatoms. The maximum Gasteiger partial charge on any atom is 0.0547 e. The van der Waals surface area contributed by atoms with Gasteiger partial charge in [-0.25, -0.2) is 0 Å². The molecule has 1 N–H and O–H groups in total. The van der Waals surface area contributed by atoms with Crippen molar-refractivity contribution in [2.45, 2.75) is 44.2 Å². The molecule has 0 aromatic rings. The number of piperidine rings is 1. The molecular weight excluding hydrogens is 250 g/mol. The Kier molecular flexibility index (Phi) is 4.65. The van der Waals surface area contributed by atoms with E-state index < -0.39 is 0 Å². The van der Waals surface area contributed by atoms with Crippen molar-refractivity contribution in [1.29, 1.82) is 0 Å². The Morgan fingerprint density at radius 2 is 2.20 bits per heavy atom. The van der Waals surface area contributed by atoms with Crippen molar-refractivity contribution in [1.82, 2.24) is 15.1 Å². The SMILES string of the molecule is CN1CCCC(N(C)CC2(CNC3CC3)CCOC2)C1. The number of likely N-dealkylation sites (N-methyl/N-ethyl adjacent to an activating group) is 2. The van der Waals surface area contributed by atoms with E-state index in [-0.39, 0.29) is 0 Å². The molecule has 116 valence electrons.